The van der Waals surface area contributed by atoms with E-state index < -0.39 is 10.1 Å². The number of hydrogen-bond acceptors (Lipinski definition) is 2. The minimum Gasteiger partial charge on any atom is -0.286 e. The Labute approximate surface area is 104 Å². The summed E-state index contributed by atoms with van der Waals surface area (Å²) in [6.45, 7) is 2.19. The van der Waals surface area contributed by atoms with E-state index >= 15 is 0 Å². The van der Waals surface area contributed by atoms with Gasteiger partial charge in [0.05, 0.1) is 5.75 Å². The van der Waals surface area contributed by atoms with Crippen LogP contribution in [0.2, 0.25) is 0 Å². The molecule has 0 saturated carbocycles. The Morgan fingerprint density at radius 2 is 1.27 bits per heavy atom. The van der Waals surface area contributed by atoms with Crippen molar-refractivity contribution in [1.29, 1.82) is 0 Å². The molecule has 0 unspecified atom stereocenters. The third-order valence-corrected chi connectivity index (χ3v) is 3.06. The molecule has 0 rings (SSSR count). The van der Waals surface area contributed by atoms with Crippen LogP contribution in [0.5, 0.6) is 0 Å². The molecule has 0 bridgehead atoms. The van der Waals surface area contributed by atoms with E-state index in [-0.39, 0.29) is 22.8 Å². The molecule has 0 atom stereocenters. The van der Waals surface area contributed by atoms with Gasteiger partial charge in [-0.1, -0.05) is 51.9 Å². The van der Waals surface area contributed by atoms with Gasteiger partial charge in [-0.05, 0) is 6.42 Å². The van der Waals surface area contributed by atoms with Gasteiger partial charge in [0.1, 0.15) is 0 Å². The van der Waals surface area contributed by atoms with Gasteiger partial charge in [-0.2, -0.15) is 8.42 Å². The molecule has 0 saturated heterocycles. The maximum Gasteiger partial charge on any atom is 0.264 e. The van der Waals surface area contributed by atoms with Gasteiger partial charge in [0, 0.05) is 17.1 Å². The fraction of sp³-hybridized carbons (Fsp3) is 1.00. The summed E-state index contributed by atoms with van der Waals surface area (Å²) >= 11 is 0. The molecule has 0 aromatic carbocycles. The largest absolute Gasteiger partial charge is 0.286 e. The molecule has 0 aliphatic carbocycles. The molecule has 0 fully saturated rings. The predicted octanol–water partition coefficient (Wildman–Crippen LogP) is 3.01. The zero-order valence-electron chi connectivity index (χ0n) is 9.39. The van der Waals surface area contributed by atoms with E-state index in [1.54, 1.807) is 0 Å². The number of hydrogen-bond donors (Lipinski definition) is 1. The fourth-order valence-electron chi connectivity index (χ4n) is 1.42. The van der Waals surface area contributed by atoms with E-state index in [1.807, 2.05) is 0 Å². The molecule has 15 heavy (non-hydrogen) atoms. The molecular weight excluding hydrogens is 256 g/mol. The van der Waals surface area contributed by atoms with Gasteiger partial charge in [-0.3, -0.25) is 4.55 Å². The first-order chi connectivity index (χ1) is 6.56. The van der Waals surface area contributed by atoms with Crippen molar-refractivity contribution in [1.82, 2.24) is 0 Å². The molecule has 1 N–H and O–H groups in total. The van der Waals surface area contributed by atoms with Crippen molar-refractivity contribution in [2.24, 2.45) is 0 Å². The monoisotopic (exact) mass is 278 g/mol. The van der Waals surface area contributed by atoms with E-state index in [0.29, 0.717) is 6.42 Å². The van der Waals surface area contributed by atoms with E-state index in [4.69, 9.17) is 4.55 Å². The molecule has 0 heterocycles. The summed E-state index contributed by atoms with van der Waals surface area (Å²) in [6.07, 6.45) is 8.85. The topological polar surface area (TPSA) is 54.4 Å². The second kappa shape index (κ2) is 10.9. The molecule has 3 nitrogen and oxygen atoms in total. The predicted molar refractivity (Wildman–Crippen MR) is 59.0 cm³/mol. The molecule has 94 valence electrons. The summed E-state index contributed by atoms with van der Waals surface area (Å²) in [6, 6.07) is 0. The Balaban J connectivity index is 0. The fourth-order valence-corrected chi connectivity index (χ4v) is 1.99. The third-order valence-electron chi connectivity index (χ3n) is 2.26. The van der Waals surface area contributed by atoms with Crippen molar-refractivity contribution >= 4 is 10.1 Å². The van der Waals surface area contributed by atoms with Crippen molar-refractivity contribution in [3.8, 4) is 0 Å². The van der Waals surface area contributed by atoms with Gasteiger partial charge < -0.3 is 0 Å². The van der Waals surface area contributed by atoms with Crippen LogP contribution in [0.4, 0.5) is 0 Å². The first kappa shape index (κ1) is 17.8. The van der Waals surface area contributed by atoms with Crippen LogP contribution in [0.15, 0.2) is 0 Å². The van der Waals surface area contributed by atoms with Gasteiger partial charge in [-0.25, -0.2) is 0 Å². The molecule has 0 aliphatic heterocycles. The zero-order valence-corrected chi connectivity index (χ0v) is 11.3. The molecule has 0 radical (unpaired) electrons. The van der Waals surface area contributed by atoms with Crippen LogP contribution < -0.4 is 0 Å². The average Bonchev–Trinajstić information content (AvgIpc) is 2.08. The minimum absolute atomic E-state index is 0. The Morgan fingerprint density at radius 1 is 0.867 bits per heavy atom. The van der Waals surface area contributed by atoms with Crippen molar-refractivity contribution in [3.05, 3.63) is 0 Å². The Hall–Kier alpha value is 0.429. The smallest absolute Gasteiger partial charge is 0.264 e. The van der Waals surface area contributed by atoms with Gasteiger partial charge in [-0.15, -0.1) is 0 Å². The van der Waals surface area contributed by atoms with Crippen LogP contribution in [0.1, 0.15) is 58.3 Å². The van der Waals surface area contributed by atoms with E-state index in [1.165, 1.54) is 32.1 Å². The zero-order chi connectivity index (χ0) is 10.9. The summed E-state index contributed by atoms with van der Waals surface area (Å²) in [5.41, 5.74) is 0. The van der Waals surface area contributed by atoms with E-state index in [2.05, 4.69) is 6.92 Å². The first-order valence-corrected chi connectivity index (χ1v) is 7.12. The van der Waals surface area contributed by atoms with Crippen molar-refractivity contribution in [2.75, 3.05) is 5.75 Å². The van der Waals surface area contributed by atoms with Crippen LogP contribution >= 0.6 is 0 Å². The van der Waals surface area contributed by atoms with Crippen LogP contribution in [0.25, 0.3) is 0 Å². The third kappa shape index (κ3) is 17.1. The van der Waals surface area contributed by atoms with E-state index in [0.717, 1.165) is 12.8 Å². The van der Waals surface area contributed by atoms with Crippen LogP contribution in [-0.2, 0) is 27.2 Å². The standard InChI is InChI=1S/C10H22O3S.Fe/c1-2-3-4-5-6-7-8-9-10-14(11,12)13;/h2-10H2,1H3,(H,11,12,13);. The molecular formula is C10H22FeO3S. The van der Waals surface area contributed by atoms with Crippen molar-refractivity contribution in [3.63, 3.8) is 0 Å². The van der Waals surface area contributed by atoms with Gasteiger partial charge in [0.25, 0.3) is 10.1 Å². The number of rotatable bonds is 9. The summed E-state index contributed by atoms with van der Waals surface area (Å²) in [5.74, 6) is -0.0814. The van der Waals surface area contributed by atoms with E-state index in [9.17, 15) is 8.42 Å². The normalized spacial score (nSPS) is 11.1. The molecule has 0 aliphatic rings. The Kier molecular flexibility index (Phi) is 13.0. The van der Waals surface area contributed by atoms with Crippen LogP contribution in [0.3, 0.4) is 0 Å². The van der Waals surface area contributed by atoms with Gasteiger partial charge >= 0.3 is 0 Å². The Morgan fingerprint density at radius 3 is 1.67 bits per heavy atom. The second-order valence-electron chi connectivity index (χ2n) is 3.76. The maximum atomic E-state index is 10.4. The van der Waals surface area contributed by atoms with Crippen LogP contribution in [0, 0.1) is 0 Å². The van der Waals surface area contributed by atoms with Gasteiger partial charge in [0.2, 0.25) is 0 Å². The molecule has 0 spiro atoms. The summed E-state index contributed by atoms with van der Waals surface area (Å²) < 4.78 is 29.2. The SMILES string of the molecule is CCCCCCCCCCS(=O)(=O)O.[Fe]. The summed E-state index contributed by atoms with van der Waals surface area (Å²) in [5, 5.41) is 0. The van der Waals surface area contributed by atoms with Gasteiger partial charge in [0.15, 0.2) is 0 Å². The maximum absolute atomic E-state index is 10.4. The van der Waals surface area contributed by atoms with Crippen molar-refractivity contribution in [2.45, 2.75) is 58.3 Å². The second-order valence-corrected chi connectivity index (χ2v) is 5.33. The average molecular weight is 278 g/mol. The quantitative estimate of drug-likeness (QED) is 0.400. The Bertz CT molecular complexity index is 215. The molecule has 0 aromatic heterocycles. The summed E-state index contributed by atoms with van der Waals surface area (Å²) in [4.78, 5) is 0. The van der Waals surface area contributed by atoms with Crippen LogP contribution in [-0.4, -0.2) is 18.7 Å². The molecule has 5 heteroatoms. The molecule has 0 amide bonds. The minimum atomic E-state index is -3.73. The first-order valence-electron chi connectivity index (χ1n) is 5.51. The summed E-state index contributed by atoms with van der Waals surface area (Å²) in [7, 11) is -3.73. The van der Waals surface area contributed by atoms with Crippen molar-refractivity contribution < 1.29 is 30.0 Å². The number of unbranched alkanes of at least 4 members (excludes halogenated alkanes) is 7. The molecule has 0 aromatic rings.